The number of halogens is 1. The monoisotopic (exact) mass is 322 g/mol. The van der Waals surface area contributed by atoms with Crippen molar-refractivity contribution in [1.82, 2.24) is 5.32 Å². The molecule has 1 aromatic heterocycles. The van der Waals surface area contributed by atoms with E-state index in [1.54, 1.807) is 11.3 Å². The second-order valence-corrected chi connectivity index (χ2v) is 8.48. The molecule has 1 aliphatic carbocycles. The second-order valence-electron chi connectivity index (χ2n) is 6.79. The van der Waals surface area contributed by atoms with Gasteiger partial charge in [0, 0.05) is 17.0 Å². The standard InChI is InChI=1S/C16H19ClN2OS/c1-10-7-16(8-12(19-10)15(9-18)3-4-15)14-11(2-5-20-16)6-13(17)21-14/h6,10,12,19H,2-5,7-8H2,1H3/t10-,12-,16-/m0/s1. The molecule has 2 aliphatic heterocycles. The maximum Gasteiger partial charge on any atom is 0.106 e. The van der Waals surface area contributed by atoms with Crippen LogP contribution >= 0.6 is 22.9 Å². The first kappa shape index (κ1) is 14.0. The van der Waals surface area contributed by atoms with E-state index < -0.39 is 0 Å². The first-order valence-electron chi connectivity index (χ1n) is 7.67. The summed E-state index contributed by atoms with van der Waals surface area (Å²) in [4.78, 5) is 1.31. The molecule has 1 N–H and O–H groups in total. The first-order chi connectivity index (χ1) is 10.1. The van der Waals surface area contributed by atoms with Gasteiger partial charge in [0.15, 0.2) is 0 Å². The number of hydrogen-bond acceptors (Lipinski definition) is 4. The number of nitriles is 1. The molecular weight excluding hydrogens is 304 g/mol. The average molecular weight is 323 g/mol. The molecule has 0 amide bonds. The van der Waals surface area contributed by atoms with Crippen molar-refractivity contribution in [2.75, 3.05) is 6.61 Å². The van der Waals surface area contributed by atoms with Gasteiger partial charge in [-0.15, -0.1) is 11.3 Å². The highest BCUT2D eigenvalue weighted by Gasteiger charge is 2.56. The van der Waals surface area contributed by atoms with Crippen LogP contribution < -0.4 is 5.32 Å². The van der Waals surface area contributed by atoms with Crippen LogP contribution in [0.2, 0.25) is 4.34 Å². The van der Waals surface area contributed by atoms with E-state index in [0.717, 1.165) is 43.0 Å². The third-order valence-electron chi connectivity index (χ3n) is 5.28. The van der Waals surface area contributed by atoms with E-state index in [2.05, 4.69) is 24.4 Å². The number of rotatable bonds is 1. The van der Waals surface area contributed by atoms with E-state index in [0.29, 0.717) is 6.04 Å². The minimum Gasteiger partial charge on any atom is -0.369 e. The lowest BCUT2D eigenvalue weighted by Crippen LogP contribution is -2.56. The summed E-state index contributed by atoms with van der Waals surface area (Å²) in [6, 6.07) is 5.25. The largest absolute Gasteiger partial charge is 0.369 e. The maximum atomic E-state index is 9.53. The summed E-state index contributed by atoms with van der Waals surface area (Å²) in [5.41, 5.74) is 0.961. The molecular formula is C16H19ClN2OS. The Morgan fingerprint density at radius 1 is 1.48 bits per heavy atom. The minimum atomic E-state index is -0.229. The van der Waals surface area contributed by atoms with Crippen molar-refractivity contribution in [2.24, 2.45) is 5.41 Å². The summed E-state index contributed by atoms with van der Waals surface area (Å²) in [6.07, 6.45) is 4.85. The Morgan fingerprint density at radius 3 is 3.00 bits per heavy atom. The van der Waals surface area contributed by atoms with Gasteiger partial charge < -0.3 is 10.1 Å². The predicted molar refractivity (Wildman–Crippen MR) is 83.6 cm³/mol. The van der Waals surface area contributed by atoms with Crippen LogP contribution in [0.15, 0.2) is 6.07 Å². The molecule has 1 saturated heterocycles. The Morgan fingerprint density at radius 2 is 2.29 bits per heavy atom. The number of hydrogen-bond donors (Lipinski definition) is 1. The molecule has 3 nitrogen and oxygen atoms in total. The van der Waals surface area contributed by atoms with E-state index in [4.69, 9.17) is 16.3 Å². The van der Waals surface area contributed by atoms with Gasteiger partial charge in [-0.1, -0.05) is 11.6 Å². The number of ether oxygens (including phenoxy) is 1. The van der Waals surface area contributed by atoms with Gasteiger partial charge in [-0.25, -0.2) is 0 Å². The van der Waals surface area contributed by atoms with Crippen LogP contribution in [-0.4, -0.2) is 18.7 Å². The molecule has 2 fully saturated rings. The number of piperidine rings is 1. The zero-order valence-corrected chi connectivity index (χ0v) is 13.7. The maximum absolute atomic E-state index is 9.53. The lowest BCUT2D eigenvalue weighted by Gasteiger charge is -2.47. The molecule has 3 aliphatic rings. The van der Waals surface area contributed by atoms with Gasteiger partial charge in [0.25, 0.3) is 0 Å². The van der Waals surface area contributed by atoms with Gasteiger partial charge in [0.05, 0.1) is 22.4 Å². The predicted octanol–water partition coefficient (Wildman–Crippen LogP) is 3.61. The highest BCUT2D eigenvalue weighted by Crippen LogP contribution is 2.55. The van der Waals surface area contributed by atoms with Gasteiger partial charge in [-0.2, -0.15) is 5.26 Å². The fourth-order valence-corrected chi connectivity index (χ4v) is 5.55. The van der Waals surface area contributed by atoms with Crippen molar-refractivity contribution in [3.05, 3.63) is 20.8 Å². The molecule has 5 heteroatoms. The molecule has 1 spiro atoms. The molecule has 3 atom stereocenters. The summed E-state index contributed by atoms with van der Waals surface area (Å²) in [7, 11) is 0. The van der Waals surface area contributed by atoms with Crippen LogP contribution in [0.3, 0.4) is 0 Å². The highest BCUT2D eigenvalue weighted by molar-refractivity contribution is 7.16. The average Bonchev–Trinajstić information content (AvgIpc) is 3.15. The molecule has 0 radical (unpaired) electrons. The van der Waals surface area contributed by atoms with Crippen molar-refractivity contribution >= 4 is 22.9 Å². The van der Waals surface area contributed by atoms with E-state index in [9.17, 15) is 5.26 Å². The lowest BCUT2D eigenvalue weighted by molar-refractivity contribution is -0.0991. The van der Waals surface area contributed by atoms with E-state index in [1.807, 2.05) is 0 Å². The summed E-state index contributed by atoms with van der Waals surface area (Å²) in [6.45, 7) is 2.97. The molecule has 4 rings (SSSR count). The Balaban J connectivity index is 1.73. The summed E-state index contributed by atoms with van der Waals surface area (Å²) in [5.74, 6) is 0. The fourth-order valence-electron chi connectivity index (χ4n) is 4.09. The van der Waals surface area contributed by atoms with E-state index in [-0.39, 0.29) is 17.1 Å². The van der Waals surface area contributed by atoms with Crippen LogP contribution in [0.5, 0.6) is 0 Å². The molecule has 21 heavy (non-hydrogen) atoms. The number of nitrogens with zero attached hydrogens (tertiary/aromatic N) is 1. The third-order valence-corrected chi connectivity index (χ3v) is 6.77. The highest BCUT2D eigenvalue weighted by atomic mass is 35.5. The molecule has 3 heterocycles. The van der Waals surface area contributed by atoms with Crippen LogP contribution in [0.4, 0.5) is 0 Å². The van der Waals surface area contributed by atoms with E-state index in [1.165, 1.54) is 10.4 Å². The normalized spacial score (nSPS) is 37.0. The Labute approximate surface area is 134 Å². The van der Waals surface area contributed by atoms with Crippen LogP contribution in [-0.2, 0) is 16.8 Å². The number of fused-ring (bicyclic) bond motifs is 2. The van der Waals surface area contributed by atoms with Crippen molar-refractivity contribution in [3.8, 4) is 6.07 Å². The summed E-state index contributed by atoms with van der Waals surface area (Å²) in [5, 5.41) is 13.2. The van der Waals surface area contributed by atoms with Crippen molar-refractivity contribution < 1.29 is 4.74 Å². The zero-order chi connectivity index (χ0) is 14.7. The Bertz CT molecular complexity index is 618. The molecule has 1 aromatic rings. The smallest absolute Gasteiger partial charge is 0.106 e. The molecule has 1 saturated carbocycles. The Kier molecular flexibility index (Phi) is 3.14. The van der Waals surface area contributed by atoms with Crippen molar-refractivity contribution in [3.63, 3.8) is 0 Å². The van der Waals surface area contributed by atoms with Gasteiger partial charge in [-0.3, -0.25) is 0 Å². The lowest BCUT2D eigenvalue weighted by atomic mass is 9.76. The van der Waals surface area contributed by atoms with Crippen LogP contribution in [0.1, 0.15) is 43.0 Å². The SMILES string of the molecule is C[C@H]1C[C@@]2(C[C@@H](C3(C#N)CC3)N1)OCCc1cc(Cl)sc12. The molecule has 0 unspecified atom stereocenters. The first-order valence-corrected chi connectivity index (χ1v) is 8.86. The van der Waals surface area contributed by atoms with Gasteiger partial charge in [0.1, 0.15) is 5.60 Å². The minimum absolute atomic E-state index is 0.163. The quantitative estimate of drug-likeness (QED) is 0.859. The number of nitrogens with one attached hydrogen (secondary N) is 1. The summed E-state index contributed by atoms with van der Waals surface area (Å²) < 4.78 is 7.17. The molecule has 112 valence electrons. The topological polar surface area (TPSA) is 45.0 Å². The molecule has 0 bridgehead atoms. The third kappa shape index (κ3) is 2.14. The van der Waals surface area contributed by atoms with Crippen LogP contribution in [0, 0.1) is 16.7 Å². The zero-order valence-electron chi connectivity index (χ0n) is 12.1. The van der Waals surface area contributed by atoms with E-state index >= 15 is 0 Å². The molecule has 0 aromatic carbocycles. The summed E-state index contributed by atoms with van der Waals surface area (Å²) >= 11 is 7.92. The van der Waals surface area contributed by atoms with Crippen molar-refractivity contribution in [1.29, 1.82) is 5.26 Å². The van der Waals surface area contributed by atoms with Gasteiger partial charge in [0.2, 0.25) is 0 Å². The van der Waals surface area contributed by atoms with Gasteiger partial charge in [-0.05, 0) is 50.7 Å². The van der Waals surface area contributed by atoms with Gasteiger partial charge >= 0.3 is 0 Å². The van der Waals surface area contributed by atoms with Crippen molar-refractivity contribution in [2.45, 2.75) is 56.7 Å². The number of thiophene rings is 1. The Hall–Kier alpha value is -0.600. The van der Waals surface area contributed by atoms with Crippen LogP contribution in [0.25, 0.3) is 0 Å². The second kappa shape index (κ2) is 4.70. The fraction of sp³-hybridized carbons (Fsp3) is 0.688.